The summed E-state index contributed by atoms with van der Waals surface area (Å²) in [6.45, 7) is 6.57. The molecule has 1 heterocycles. The Morgan fingerprint density at radius 3 is 2.44 bits per heavy atom. The topological polar surface area (TPSA) is 56.3 Å². The summed E-state index contributed by atoms with van der Waals surface area (Å²) in [5.74, 6) is 1.88. The maximum Gasteiger partial charge on any atom is 0.218 e. The van der Waals surface area contributed by atoms with Crippen LogP contribution in [0.25, 0.3) is 0 Å². The molecule has 90 valence electrons. The van der Waals surface area contributed by atoms with E-state index in [1.807, 2.05) is 0 Å². The van der Waals surface area contributed by atoms with Crippen LogP contribution in [0, 0.1) is 0 Å². The normalized spacial score (nSPS) is 11.3. The van der Waals surface area contributed by atoms with Crippen molar-refractivity contribution >= 4 is 5.82 Å². The Morgan fingerprint density at radius 2 is 1.94 bits per heavy atom. The van der Waals surface area contributed by atoms with E-state index in [1.54, 1.807) is 20.3 Å². The fraction of sp³-hybridized carbons (Fsp3) is 0.636. The van der Waals surface area contributed by atoms with Crippen molar-refractivity contribution in [3.05, 3.63) is 11.9 Å². The van der Waals surface area contributed by atoms with E-state index in [1.165, 1.54) is 0 Å². The quantitative estimate of drug-likeness (QED) is 0.847. The number of nitrogens with one attached hydrogen (secondary N) is 1. The second kappa shape index (κ2) is 5.12. The molecule has 0 spiro atoms. The van der Waals surface area contributed by atoms with E-state index in [9.17, 15) is 0 Å². The summed E-state index contributed by atoms with van der Waals surface area (Å²) < 4.78 is 10.1. The highest BCUT2D eigenvalue weighted by atomic mass is 16.5. The molecule has 1 aromatic rings. The van der Waals surface area contributed by atoms with Crippen LogP contribution in [-0.2, 0) is 11.3 Å². The molecule has 0 unspecified atom stereocenters. The van der Waals surface area contributed by atoms with Crippen molar-refractivity contribution in [3.8, 4) is 5.88 Å². The molecular formula is C11H19N3O2. The smallest absolute Gasteiger partial charge is 0.218 e. The molecule has 16 heavy (non-hydrogen) atoms. The summed E-state index contributed by atoms with van der Waals surface area (Å²) in [6, 6.07) is 1.77. The molecule has 0 aliphatic carbocycles. The number of aromatic nitrogens is 2. The third kappa shape index (κ3) is 4.02. The minimum Gasteiger partial charge on any atom is -0.481 e. The van der Waals surface area contributed by atoms with Gasteiger partial charge in [0.15, 0.2) is 5.82 Å². The van der Waals surface area contributed by atoms with Crippen LogP contribution in [-0.4, -0.2) is 29.7 Å². The van der Waals surface area contributed by atoms with Crippen LogP contribution in [0.2, 0.25) is 0 Å². The van der Waals surface area contributed by atoms with Gasteiger partial charge in [-0.15, -0.1) is 0 Å². The Labute approximate surface area is 96.2 Å². The van der Waals surface area contributed by atoms with Crippen molar-refractivity contribution in [1.29, 1.82) is 0 Å². The number of ether oxygens (including phenoxy) is 2. The highest BCUT2D eigenvalue weighted by Gasteiger charge is 2.12. The standard InChI is InChI=1S/C11H19N3O2/c1-11(2,3)14-8-6-10(16-5)13-9(12-8)7-15-4/h6H,7H2,1-5H3,(H,12,13,14). The van der Waals surface area contributed by atoms with E-state index >= 15 is 0 Å². The Bertz CT molecular complexity index is 348. The molecule has 0 amide bonds. The third-order valence-corrected chi connectivity index (χ3v) is 1.73. The van der Waals surface area contributed by atoms with Gasteiger partial charge in [-0.25, -0.2) is 4.98 Å². The van der Waals surface area contributed by atoms with Crippen LogP contribution in [0.4, 0.5) is 5.82 Å². The van der Waals surface area contributed by atoms with Crippen molar-refractivity contribution in [1.82, 2.24) is 9.97 Å². The molecule has 0 saturated carbocycles. The molecular weight excluding hydrogens is 206 g/mol. The molecule has 0 fully saturated rings. The maximum atomic E-state index is 5.11. The summed E-state index contributed by atoms with van der Waals surface area (Å²) >= 11 is 0. The van der Waals surface area contributed by atoms with E-state index in [0.29, 0.717) is 18.3 Å². The van der Waals surface area contributed by atoms with Gasteiger partial charge in [-0.3, -0.25) is 0 Å². The van der Waals surface area contributed by atoms with Crippen molar-refractivity contribution in [2.45, 2.75) is 32.9 Å². The highest BCUT2D eigenvalue weighted by molar-refractivity contribution is 5.40. The fourth-order valence-electron chi connectivity index (χ4n) is 1.22. The summed E-state index contributed by atoms with van der Waals surface area (Å²) in [7, 11) is 3.19. The van der Waals surface area contributed by atoms with Crippen LogP contribution in [0.1, 0.15) is 26.6 Å². The van der Waals surface area contributed by atoms with Crippen molar-refractivity contribution in [3.63, 3.8) is 0 Å². The largest absolute Gasteiger partial charge is 0.481 e. The monoisotopic (exact) mass is 225 g/mol. The van der Waals surface area contributed by atoms with Crippen molar-refractivity contribution in [2.24, 2.45) is 0 Å². The fourth-order valence-corrected chi connectivity index (χ4v) is 1.22. The van der Waals surface area contributed by atoms with E-state index < -0.39 is 0 Å². The van der Waals surface area contributed by atoms with Gasteiger partial charge in [0, 0.05) is 18.7 Å². The lowest BCUT2D eigenvalue weighted by Gasteiger charge is -2.21. The first-order valence-corrected chi connectivity index (χ1v) is 5.13. The Hall–Kier alpha value is -1.36. The molecule has 1 aromatic heterocycles. The lowest BCUT2D eigenvalue weighted by molar-refractivity contribution is 0.177. The van der Waals surface area contributed by atoms with Crippen molar-refractivity contribution < 1.29 is 9.47 Å². The van der Waals surface area contributed by atoms with Gasteiger partial charge >= 0.3 is 0 Å². The lowest BCUT2D eigenvalue weighted by atomic mass is 10.1. The van der Waals surface area contributed by atoms with Gasteiger partial charge in [-0.05, 0) is 20.8 Å². The predicted octanol–water partition coefficient (Wildman–Crippen LogP) is 1.84. The number of anilines is 1. The lowest BCUT2D eigenvalue weighted by Crippen LogP contribution is -2.27. The average molecular weight is 225 g/mol. The Balaban J connectivity index is 2.95. The second-order valence-electron chi connectivity index (χ2n) is 4.52. The Morgan fingerprint density at radius 1 is 1.25 bits per heavy atom. The first-order chi connectivity index (χ1) is 7.44. The van der Waals surface area contributed by atoms with Gasteiger partial charge in [0.1, 0.15) is 12.4 Å². The summed E-state index contributed by atoms with van der Waals surface area (Å²) in [5, 5.41) is 3.27. The third-order valence-electron chi connectivity index (χ3n) is 1.73. The van der Waals surface area contributed by atoms with E-state index in [-0.39, 0.29) is 5.54 Å². The molecule has 1 N–H and O–H groups in total. The molecule has 0 aliphatic rings. The van der Waals surface area contributed by atoms with Crippen molar-refractivity contribution in [2.75, 3.05) is 19.5 Å². The molecule has 0 aliphatic heterocycles. The first kappa shape index (κ1) is 12.7. The number of nitrogens with zero attached hydrogens (tertiary/aromatic N) is 2. The summed E-state index contributed by atoms with van der Waals surface area (Å²) in [6.07, 6.45) is 0. The number of hydrogen-bond donors (Lipinski definition) is 1. The minimum atomic E-state index is -0.0519. The van der Waals surface area contributed by atoms with E-state index in [4.69, 9.17) is 9.47 Å². The number of rotatable bonds is 4. The molecule has 0 saturated heterocycles. The Kier molecular flexibility index (Phi) is 4.06. The molecule has 0 aromatic carbocycles. The summed E-state index contributed by atoms with van der Waals surface area (Å²) in [4.78, 5) is 8.50. The SMILES string of the molecule is COCc1nc(NC(C)(C)C)cc(OC)n1. The molecule has 5 heteroatoms. The predicted molar refractivity (Wildman–Crippen MR) is 62.7 cm³/mol. The molecule has 1 rings (SSSR count). The van der Waals surface area contributed by atoms with Crippen LogP contribution in [0.3, 0.4) is 0 Å². The number of hydrogen-bond acceptors (Lipinski definition) is 5. The van der Waals surface area contributed by atoms with E-state index in [2.05, 4.69) is 36.1 Å². The van der Waals surface area contributed by atoms with Crippen LogP contribution >= 0.6 is 0 Å². The summed E-state index contributed by atoms with van der Waals surface area (Å²) in [5.41, 5.74) is -0.0519. The number of methoxy groups -OCH3 is 2. The van der Waals surface area contributed by atoms with Gasteiger partial charge < -0.3 is 14.8 Å². The first-order valence-electron chi connectivity index (χ1n) is 5.13. The highest BCUT2D eigenvalue weighted by Crippen LogP contribution is 2.17. The molecule has 0 atom stereocenters. The zero-order valence-electron chi connectivity index (χ0n) is 10.5. The zero-order valence-corrected chi connectivity index (χ0v) is 10.5. The minimum absolute atomic E-state index is 0.0519. The zero-order chi connectivity index (χ0) is 12.2. The van der Waals surface area contributed by atoms with Gasteiger partial charge in [-0.1, -0.05) is 0 Å². The van der Waals surface area contributed by atoms with Gasteiger partial charge in [0.25, 0.3) is 0 Å². The van der Waals surface area contributed by atoms with Gasteiger partial charge in [-0.2, -0.15) is 4.98 Å². The maximum absolute atomic E-state index is 5.11. The average Bonchev–Trinajstić information content (AvgIpc) is 2.15. The van der Waals surface area contributed by atoms with Crippen LogP contribution in [0.15, 0.2) is 6.07 Å². The van der Waals surface area contributed by atoms with Gasteiger partial charge in [0.05, 0.1) is 7.11 Å². The van der Waals surface area contributed by atoms with Gasteiger partial charge in [0.2, 0.25) is 5.88 Å². The van der Waals surface area contributed by atoms with Crippen LogP contribution < -0.4 is 10.1 Å². The second-order valence-corrected chi connectivity index (χ2v) is 4.52. The molecule has 5 nitrogen and oxygen atoms in total. The van der Waals surface area contributed by atoms with Crippen LogP contribution in [0.5, 0.6) is 5.88 Å². The van der Waals surface area contributed by atoms with E-state index in [0.717, 1.165) is 5.82 Å². The molecule has 0 bridgehead atoms. The molecule has 0 radical (unpaired) electrons.